The van der Waals surface area contributed by atoms with Gasteiger partial charge < -0.3 is 29.2 Å². The number of rotatable bonds is 10. The summed E-state index contributed by atoms with van der Waals surface area (Å²) in [5.74, 6) is -1.49. The van der Waals surface area contributed by atoms with Gasteiger partial charge in [-0.25, -0.2) is 13.2 Å². The smallest absolute Gasteiger partial charge is 0.387 e. The molecular formula is C26H29F2N3O8S. The maximum atomic E-state index is 13.2. The molecule has 14 heteroatoms. The summed E-state index contributed by atoms with van der Waals surface area (Å²) in [6.07, 6.45) is 2.48. The lowest BCUT2D eigenvalue weighted by molar-refractivity contribution is -0.142. The Balaban J connectivity index is 1.41. The van der Waals surface area contributed by atoms with Crippen LogP contribution in [0.3, 0.4) is 0 Å². The highest BCUT2D eigenvalue weighted by molar-refractivity contribution is 7.89. The topological polar surface area (TPSA) is 124 Å². The average molecular weight is 582 g/mol. The van der Waals surface area contributed by atoms with E-state index in [2.05, 4.69) is 10.1 Å². The molecule has 40 heavy (non-hydrogen) atoms. The van der Waals surface area contributed by atoms with Crippen molar-refractivity contribution < 1.29 is 45.7 Å². The number of carbonyl (C=O) groups is 2. The molecule has 0 unspecified atom stereocenters. The zero-order valence-corrected chi connectivity index (χ0v) is 22.3. The van der Waals surface area contributed by atoms with Crippen LogP contribution in [-0.4, -0.2) is 90.4 Å². The maximum Gasteiger partial charge on any atom is 0.387 e. The number of benzene rings is 2. The molecule has 2 aliphatic heterocycles. The lowest BCUT2D eigenvalue weighted by Crippen LogP contribution is -2.40. The molecule has 2 heterocycles. The number of amides is 1. The van der Waals surface area contributed by atoms with Gasteiger partial charge in [0.05, 0.1) is 42.7 Å². The lowest BCUT2D eigenvalue weighted by Gasteiger charge is -2.31. The molecule has 0 bridgehead atoms. The van der Waals surface area contributed by atoms with Gasteiger partial charge in [-0.2, -0.15) is 13.1 Å². The van der Waals surface area contributed by atoms with E-state index in [4.69, 9.17) is 14.2 Å². The minimum atomic E-state index is -3.82. The van der Waals surface area contributed by atoms with Crippen molar-refractivity contribution in [3.63, 3.8) is 0 Å². The van der Waals surface area contributed by atoms with Crippen LogP contribution >= 0.6 is 0 Å². The van der Waals surface area contributed by atoms with Crippen LogP contribution in [0.1, 0.15) is 5.56 Å². The van der Waals surface area contributed by atoms with Gasteiger partial charge in [0.2, 0.25) is 10.0 Å². The summed E-state index contributed by atoms with van der Waals surface area (Å²) in [5.41, 5.74) is 1.40. The number of alkyl halides is 2. The molecular weight excluding hydrogens is 552 g/mol. The Morgan fingerprint density at radius 2 is 1.62 bits per heavy atom. The SMILES string of the molecule is O=C(COC(=O)/C=C/c1ccc(OC(F)F)cc1)Nc1cc(S(=O)(=O)N2CCOCC2)ccc1N1CCOCC1. The van der Waals surface area contributed by atoms with Gasteiger partial charge in [0.25, 0.3) is 5.91 Å². The summed E-state index contributed by atoms with van der Waals surface area (Å²) < 4.78 is 72.2. The fraction of sp³-hybridized carbons (Fsp3) is 0.385. The molecule has 0 aromatic heterocycles. The van der Waals surface area contributed by atoms with Crippen molar-refractivity contribution in [3.05, 3.63) is 54.1 Å². The Morgan fingerprint density at radius 1 is 0.975 bits per heavy atom. The molecule has 2 aromatic rings. The number of morpholine rings is 2. The fourth-order valence-corrected chi connectivity index (χ4v) is 5.52. The van der Waals surface area contributed by atoms with E-state index >= 15 is 0 Å². The van der Waals surface area contributed by atoms with E-state index in [0.717, 1.165) is 6.08 Å². The summed E-state index contributed by atoms with van der Waals surface area (Å²) >= 11 is 0. The minimum absolute atomic E-state index is 0.0200. The molecule has 4 rings (SSSR count). The molecule has 2 aliphatic rings. The number of anilines is 2. The minimum Gasteiger partial charge on any atom is -0.452 e. The maximum absolute atomic E-state index is 13.2. The molecule has 0 spiro atoms. The first-order valence-electron chi connectivity index (χ1n) is 12.5. The van der Waals surface area contributed by atoms with E-state index < -0.39 is 35.1 Å². The first-order chi connectivity index (χ1) is 19.2. The second-order valence-electron chi connectivity index (χ2n) is 8.73. The molecule has 2 fully saturated rings. The number of esters is 1. The van der Waals surface area contributed by atoms with Crippen LogP contribution in [0, 0.1) is 0 Å². The van der Waals surface area contributed by atoms with Crippen LogP contribution in [0.5, 0.6) is 5.75 Å². The van der Waals surface area contributed by atoms with Gasteiger partial charge in [0.1, 0.15) is 5.75 Å². The number of hydrogen-bond donors (Lipinski definition) is 1. The second-order valence-corrected chi connectivity index (χ2v) is 10.7. The normalized spacial score (nSPS) is 16.7. The van der Waals surface area contributed by atoms with Crippen molar-refractivity contribution in [2.24, 2.45) is 0 Å². The summed E-state index contributed by atoms with van der Waals surface area (Å²) in [7, 11) is -3.82. The van der Waals surface area contributed by atoms with Gasteiger partial charge in [0.15, 0.2) is 6.61 Å². The molecule has 0 atom stereocenters. The largest absolute Gasteiger partial charge is 0.452 e. The van der Waals surface area contributed by atoms with E-state index in [1.54, 1.807) is 6.07 Å². The summed E-state index contributed by atoms with van der Waals surface area (Å²) in [6.45, 7) is -0.448. The van der Waals surface area contributed by atoms with E-state index in [-0.39, 0.29) is 29.4 Å². The number of hydrogen-bond acceptors (Lipinski definition) is 9. The van der Waals surface area contributed by atoms with Gasteiger partial charge in [-0.05, 0) is 42.0 Å². The third-order valence-corrected chi connectivity index (χ3v) is 7.96. The summed E-state index contributed by atoms with van der Waals surface area (Å²) in [6, 6.07) is 10.1. The number of carbonyl (C=O) groups excluding carboxylic acids is 2. The van der Waals surface area contributed by atoms with Gasteiger partial charge >= 0.3 is 12.6 Å². The Labute approximate surface area is 230 Å². The molecule has 2 saturated heterocycles. The molecule has 11 nitrogen and oxygen atoms in total. The number of nitrogens with zero attached hydrogens (tertiary/aromatic N) is 2. The van der Waals surface area contributed by atoms with Crippen molar-refractivity contribution in [1.29, 1.82) is 0 Å². The first-order valence-corrected chi connectivity index (χ1v) is 13.9. The molecule has 2 aromatic carbocycles. The number of nitrogens with one attached hydrogen (secondary N) is 1. The Morgan fingerprint density at radius 3 is 2.27 bits per heavy atom. The number of halogens is 2. The summed E-state index contributed by atoms with van der Waals surface area (Å²) in [4.78, 5) is 26.8. The molecule has 1 amide bonds. The highest BCUT2D eigenvalue weighted by Crippen LogP contribution is 2.31. The number of sulfonamides is 1. The predicted molar refractivity (Wildman–Crippen MR) is 141 cm³/mol. The zero-order valence-electron chi connectivity index (χ0n) is 21.5. The van der Waals surface area contributed by atoms with Crippen LogP contribution < -0.4 is 15.0 Å². The van der Waals surface area contributed by atoms with E-state index in [9.17, 15) is 26.8 Å². The van der Waals surface area contributed by atoms with Crippen molar-refractivity contribution in [2.75, 3.05) is 69.4 Å². The quantitative estimate of drug-likeness (QED) is 0.333. The van der Waals surface area contributed by atoms with Crippen molar-refractivity contribution >= 4 is 39.4 Å². The summed E-state index contributed by atoms with van der Waals surface area (Å²) in [5, 5.41) is 2.67. The third kappa shape index (κ3) is 7.97. The highest BCUT2D eigenvalue weighted by Gasteiger charge is 2.28. The lowest BCUT2D eigenvalue weighted by atomic mass is 10.2. The van der Waals surface area contributed by atoms with Crippen LogP contribution in [0.4, 0.5) is 20.2 Å². The van der Waals surface area contributed by atoms with Crippen molar-refractivity contribution in [1.82, 2.24) is 4.31 Å². The second kappa shape index (κ2) is 13.7. The van der Waals surface area contributed by atoms with Crippen LogP contribution in [-0.2, 0) is 33.8 Å². The van der Waals surface area contributed by atoms with Crippen LogP contribution in [0.15, 0.2) is 53.4 Å². The molecule has 216 valence electrons. The molecule has 0 radical (unpaired) electrons. The monoisotopic (exact) mass is 581 g/mol. The highest BCUT2D eigenvalue weighted by atomic mass is 32.2. The first kappa shape index (κ1) is 29.4. The van der Waals surface area contributed by atoms with E-state index in [1.807, 2.05) is 4.90 Å². The Hall–Kier alpha value is -3.59. The van der Waals surface area contributed by atoms with E-state index in [0.29, 0.717) is 50.8 Å². The predicted octanol–water partition coefficient (Wildman–Crippen LogP) is 2.34. The molecule has 0 saturated carbocycles. The number of ether oxygens (including phenoxy) is 4. The van der Waals surface area contributed by atoms with E-state index in [1.165, 1.54) is 46.8 Å². The Bertz CT molecular complexity index is 1310. The Kier molecular flexibility index (Phi) is 10.0. The average Bonchev–Trinajstić information content (AvgIpc) is 2.96. The molecule has 1 N–H and O–H groups in total. The van der Waals surface area contributed by atoms with Crippen LogP contribution in [0.2, 0.25) is 0 Å². The zero-order chi connectivity index (χ0) is 28.5. The fourth-order valence-electron chi connectivity index (χ4n) is 4.09. The van der Waals surface area contributed by atoms with Crippen LogP contribution in [0.25, 0.3) is 6.08 Å². The third-order valence-electron chi connectivity index (χ3n) is 6.06. The van der Waals surface area contributed by atoms with Crippen molar-refractivity contribution in [2.45, 2.75) is 11.5 Å². The molecule has 0 aliphatic carbocycles. The van der Waals surface area contributed by atoms with Gasteiger partial charge in [-0.3, -0.25) is 4.79 Å². The standard InChI is InChI=1S/C26H29F2N3O8S/c27-26(28)39-20-4-1-19(2-5-20)3-8-25(33)38-18-24(32)29-22-17-21(40(34,35)31-11-15-37-16-12-31)6-7-23(22)30-9-13-36-14-10-30/h1-8,17,26H,9-16,18H2,(H,29,32)/b8-3+. The van der Waals surface area contributed by atoms with Gasteiger partial charge in [0, 0.05) is 32.3 Å². The van der Waals surface area contributed by atoms with Gasteiger partial charge in [-0.15, -0.1) is 0 Å². The van der Waals surface area contributed by atoms with Gasteiger partial charge in [-0.1, -0.05) is 12.1 Å². The van der Waals surface area contributed by atoms with Crippen molar-refractivity contribution in [3.8, 4) is 5.75 Å².